The van der Waals surface area contributed by atoms with Gasteiger partial charge in [0.15, 0.2) is 0 Å². The van der Waals surface area contributed by atoms with Gasteiger partial charge in [-0.1, -0.05) is 18.2 Å². The van der Waals surface area contributed by atoms with Crippen LogP contribution >= 0.6 is 0 Å². The van der Waals surface area contributed by atoms with E-state index in [0.717, 1.165) is 39.8 Å². The monoisotopic (exact) mass is 441 g/mol. The molecule has 1 amide bonds. The molecule has 2 aromatic carbocycles. The zero-order valence-corrected chi connectivity index (χ0v) is 19.3. The molecule has 168 valence electrons. The average molecular weight is 442 g/mol. The van der Waals surface area contributed by atoms with Crippen LogP contribution in [0.15, 0.2) is 47.3 Å². The molecule has 0 aliphatic heterocycles. The van der Waals surface area contributed by atoms with E-state index in [0.29, 0.717) is 17.6 Å². The lowest BCUT2D eigenvalue weighted by Crippen LogP contribution is -2.19. The van der Waals surface area contributed by atoms with Gasteiger partial charge in [0.2, 0.25) is 5.91 Å². The van der Waals surface area contributed by atoms with E-state index in [4.69, 9.17) is 0 Å². The Bertz CT molecular complexity index is 1600. The number of anilines is 1. The van der Waals surface area contributed by atoms with Gasteiger partial charge in [-0.3, -0.25) is 14.3 Å². The summed E-state index contributed by atoms with van der Waals surface area (Å²) < 4.78 is 3.96. The highest BCUT2D eigenvalue weighted by molar-refractivity contribution is 6.09. The van der Waals surface area contributed by atoms with E-state index in [1.54, 1.807) is 4.68 Å². The molecule has 0 aliphatic carbocycles. The summed E-state index contributed by atoms with van der Waals surface area (Å²) >= 11 is 0. The molecule has 0 saturated carbocycles. The molecule has 0 bridgehead atoms. The predicted octanol–water partition coefficient (Wildman–Crippen LogP) is 4.58. The second kappa shape index (κ2) is 7.92. The van der Waals surface area contributed by atoms with E-state index in [-0.39, 0.29) is 17.9 Å². The van der Waals surface area contributed by atoms with Crippen molar-refractivity contribution in [3.8, 4) is 0 Å². The number of benzene rings is 2. The molecule has 0 atom stereocenters. The Morgan fingerprint density at radius 2 is 1.85 bits per heavy atom. The fourth-order valence-electron chi connectivity index (χ4n) is 4.99. The van der Waals surface area contributed by atoms with E-state index in [1.807, 2.05) is 45.2 Å². The van der Waals surface area contributed by atoms with Crippen molar-refractivity contribution in [3.05, 3.63) is 69.6 Å². The molecule has 5 rings (SSSR count). The van der Waals surface area contributed by atoms with Crippen LogP contribution in [0.4, 0.5) is 5.69 Å². The van der Waals surface area contributed by atoms with Gasteiger partial charge in [0.25, 0.3) is 5.56 Å². The van der Waals surface area contributed by atoms with Crippen molar-refractivity contribution < 1.29 is 4.79 Å². The minimum atomic E-state index is -0.162. The number of hydrogen-bond donors (Lipinski definition) is 2. The summed E-state index contributed by atoms with van der Waals surface area (Å²) in [6.07, 6.45) is 0.595. The Morgan fingerprint density at radius 3 is 2.64 bits per heavy atom. The predicted molar refractivity (Wildman–Crippen MR) is 133 cm³/mol. The van der Waals surface area contributed by atoms with Crippen molar-refractivity contribution in [2.75, 3.05) is 5.32 Å². The van der Waals surface area contributed by atoms with Gasteiger partial charge in [0.05, 0.1) is 5.69 Å². The Labute approximate surface area is 191 Å². The SMILES string of the molecule is CCn1c2ccccc2c2cc(NC(=O)CCc3c(C)c4c(C)nn(C)c4[nH]c3=O)ccc21. The molecule has 0 spiro atoms. The molecule has 33 heavy (non-hydrogen) atoms. The molecule has 0 saturated heterocycles. The van der Waals surface area contributed by atoms with Gasteiger partial charge >= 0.3 is 0 Å². The first kappa shape index (κ1) is 21.0. The number of para-hydroxylation sites is 1. The van der Waals surface area contributed by atoms with Gasteiger partial charge < -0.3 is 14.9 Å². The third-order valence-electron chi connectivity index (χ3n) is 6.53. The van der Waals surface area contributed by atoms with Crippen LogP contribution in [0.25, 0.3) is 32.8 Å². The second-order valence-electron chi connectivity index (χ2n) is 8.53. The van der Waals surface area contributed by atoms with Gasteiger partial charge in [-0.05, 0) is 57.0 Å². The minimum absolute atomic E-state index is 0.115. The van der Waals surface area contributed by atoms with Gasteiger partial charge in [0, 0.05) is 58.5 Å². The minimum Gasteiger partial charge on any atom is -0.341 e. The molecule has 7 nitrogen and oxygen atoms in total. The number of hydrogen-bond acceptors (Lipinski definition) is 3. The average Bonchev–Trinajstić information content (AvgIpc) is 3.26. The number of nitrogens with one attached hydrogen (secondary N) is 2. The largest absolute Gasteiger partial charge is 0.341 e. The summed E-state index contributed by atoms with van der Waals surface area (Å²) in [6, 6.07) is 14.3. The molecule has 0 fully saturated rings. The molecule has 2 N–H and O–H groups in total. The number of H-pyrrole nitrogens is 1. The number of aromatic nitrogens is 4. The summed E-state index contributed by atoms with van der Waals surface area (Å²) in [5.41, 5.74) is 6.04. The highest BCUT2D eigenvalue weighted by Gasteiger charge is 2.16. The fraction of sp³-hybridized carbons (Fsp3) is 0.269. The lowest BCUT2D eigenvalue weighted by molar-refractivity contribution is -0.116. The number of nitrogens with zero attached hydrogens (tertiary/aromatic N) is 3. The second-order valence-corrected chi connectivity index (χ2v) is 8.53. The first-order valence-corrected chi connectivity index (χ1v) is 11.2. The van der Waals surface area contributed by atoms with Gasteiger partial charge in [0.1, 0.15) is 5.65 Å². The highest BCUT2D eigenvalue weighted by atomic mass is 16.1. The van der Waals surface area contributed by atoms with Crippen LogP contribution < -0.4 is 10.9 Å². The normalized spacial score (nSPS) is 11.6. The molecule has 0 radical (unpaired) electrons. The zero-order chi connectivity index (χ0) is 23.3. The van der Waals surface area contributed by atoms with Crippen molar-refractivity contribution in [3.63, 3.8) is 0 Å². The number of fused-ring (bicyclic) bond motifs is 4. The third kappa shape index (κ3) is 3.40. The van der Waals surface area contributed by atoms with E-state index in [1.165, 1.54) is 10.9 Å². The van der Waals surface area contributed by atoms with Gasteiger partial charge in [-0.2, -0.15) is 5.10 Å². The van der Waals surface area contributed by atoms with Crippen molar-refractivity contribution in [2.24, 2.45) is 7.05 Å². The molecule has 0 aliphatic rings. The summed E-state index contributed by atoms with van der Waals surface area (Å²) in [6.45, 7) is 6.87. The molecule has 5 aromatic rings. The van der Waals surface area contributed by atoms with Gasteiger partial charge in [-0.25, -0.2) is 0 Å². The Kier molecular flexibility index (Phi) is 5.04. The van der Waals surface area contributed by atoms with Crippen molar-refractivity contribution in [2.45, 2.75) is 40.2 Å². The molecular formula is C26H27N5O2. The maximum Gasteiger partial charge on any atom is 0.253 e. The van der Waals surface area contributed by atoms with Crippen molar-refractivity contribution in [1.82, 2.24) is 19.3 Å². The van der Waals surface area contributed by atoms with Crippen molar-refractivity contribution in [1.29, 1.82) is 0 Å². The number of rotatable bonds is 5. The van der Waals surface area contributed by atoms with Crippen LogP contribution in [0.2, 0.25) is 0 Å². The molecule has 0 unspecified atom stereocenters. The van der Waals surface area contributed by atoms with Crippen LogP contribution in [0.3, 0.4) is 0 Å². The molecular weight excluding hydrogens is 414 g/mol. The maximum absolute atomic E-state index is 12.8. The van der Waals surface area contributed by atoms with Crippen LogP contribution in [-0.4, -0.2) is 25.2 Å². The number of carbonyl (C=O) groups excluding carboxylic acids is 1. The number of pyridine rings is 1. The summed E-state index contributed by atoms with van der Waals surface area (Å²) in [4.78, 5) is 28.3. The first-order chi connectivity index (χ1) is 15.9. The Morgan fingerprint density at radius 1 is 1.09 bits per heavy atom. The highest BCUT2D eigenvalue weighted by Crippen LogP contribution is 2.31. The summed E-state index contributed by atoms with van der Waals surface area (Å²) in [7, 11) is 1.81. The van der Waals surface area contributed by atoms with E-state index in [9.17, 15) is 9.59 Å². The Hall–Kier alpha value is -3.87. The van der Waals surface area contributed by atoms with E-state index < -0.39 is 0 Å². The molecule has 7 heteroatoms. The summed E-state index contributed by atoms with van der Waals surface area (Å²) in [5.74, 6) is -0.115. The number of aryl methyl sites for hydroxylation is 4. The number of amides is 1. The zero-order valence-electron chi connectivity index (χ0n) is 19.3. The lowest BCUT2D eigenvalue weighted by atomic mass is 10.0. The Balaban J connectivity index is 1.39. The van der Waals surface area contributed by atoms with Crippen LogP contribution in [0.5, 0.6) is 0 Å². The quantitative estimate of drug-likeness (QED) is 0.419. The summed E-state index contributed by atoms with van der Waals surface area (Å²) in [5, 5.41) is 10.7. The van der Waals surface area contributed by atoms with Crippen LogP contribution in [-0.2, 0) is 24.8 Å². The first-order valence-electron chi connectivity index (χ1n) is 11.2. The van der Waals surface area contributed by atoms with Crippen LogP contribution in [0, 0.1) is 13.8 Å². The smallest absolute Gasteiger partial charge is 0.253 e. The third-order valence-corrected chi connectivity index (χ3v) is 6.53. The lowest BCUT2D eigenvalue weighted by Gasteiger charge is -2.09. The van der Waals surface area contributed by atoms with E-state index in [2.05, 4.69) is 45.1 Å². The maximum atomic E-state index is 12.8. The topological polar surface area (TPSA) is 84.7 Å². The van der Waals surface area contributed by atoms with E-state index >= 15 is 0 Å². The standard InChI is InChI=1S/C26H27N5O2/c1-5-31-21-9-7-6-8-19(21)20-14-17(10-12-22(20)31)27-23(32)13-11-18-15(2)24-16(3)29-30(4)25(24)28-26(18)33/h6-10,12,14H,5,11,13H2,1-4H3,(H,27,32)(H,28,33). The number of carbonyl (C=O) groups is 1. The molecule has 3 heterocycles. The fourth-order valence-corrected chi connectivity index (χ4v) is 4.99. The van der Waals surface area contributed by atoms with Crippen LogP contribution in [0.1, 0.15) is 30.2 Å². The number of aromatic amines is 1. The van der Waals surface area contributed by atoms with Gasteiger partial charge in [-0.15, -0.1) is 0 Å². The van der Waals surface area contributed by atoms with Crippen molar-refractivity contribution >= 4 is 44.4 Å². The molecule has 3 aromatic heterocycles.